The molecule has 1 aromatic carbocycles. The number of carbonyl (C=O) groups is 1. The number of unbranched alkanes of at least 4 members (excludes halogenated alkanes) is 1. The summed E-state index contributed by atoms with van der Waals surface area (Å²) in [4.78, 5) is 13.8. The summed E-state index contributed by atoms with van der Waals surface area (Å²) < 4.78 is 0. The molecule has 152 valence electrons. The zero-order valence-corrected chi connectivity index (χ0v) is 16.4. The smallest absolute Gasteiger partial charge is 0.224 e. The van der Waals surface area contributed by atoms with Crippen LogP contribution in [0, 0.1) is 0 Å². The lowest BCUT2D eigenvalue weighted by Gasteiger charge is -2.43. The molecule has 1 aliphatic rings. The third-order valence-electron chi connectivity index (χ3n) is 4.81. The van der Waals surface area contributed by atoms with Crippen LogP contribution in [0.15, 0.2) is 18.2 Å². The van der Waals surface area contributed by atoms with Crippen LogP contribution in [0.2, 0.25) is 10.0 Å². The second-order valence-corrected chi connectivity index (χ2v) is 7.54. The molecule has 9 heteroatoms. The summed E-state index contributed by atoms with van der Waals surface area (Å²) in [6.45, 7) is 0.867. The Hall–Kier alpha value is -0.930. The Morgan fingerprint density at radius 3 is 2.44 bits per heavy atom. The minimum atomic E-state index is -1.26. The average molecular weight is 421 g/mol. The number of rotatable bonds is 8. The maximum absolute atomic E-state index is 12.0. The third-order valence-corrected chi connectivity index (χ3v) is 5.52. The molecule has 0 bridgehead atoms. The number of hydrogen-bond donors (Lipinski definition) is 5. The van der Waals surface area contributed by atoms with E-state index in [4.69, 9.17) is 23.2 Å². The maximum atomic E-state index is 12.0. The highest BCUT2D eigenvalue weighted by Gasteiger charge is 2.40. The zero-order chi connectivity index (χ0) is 20.0. The predicted octanol–water partition coefficient (Wildman–Crippen LogP) is 0.191. The second-order valence-electron chi connectivity index (χ2n) is 6.73. The minimum absolute atomic E-state index is 0.105. The number of nitrogens with zero attached hydrogens (tertiary/aromatic N) is 1. The minimum Gasteiger partial charge on any atom is -0.395 e. The highest BCUT2D eigenvalue weighted by Crippen LogP contribution is 2.24. The molecule has 4 atom stereocenters. The van der Waals surface area contributed by atoms with Gasteiger partial charge in [-0.15, -0.1) is 0 Å². The molecule has 1 fully saturated rings. The highest BCUT2D eigenvalue weighted by atomic mass is 35.5. The van der Waals surface area contributed by atoms with Crippen LogP contribution >= 0.6 is 23.2 Å². The van der Waals surface area contributed by atoms with E-state index >= 15 is 0 Å². The second kappa shape index (κ2) is 10.6. The first-order valence-electron chi connectivity index (χ1n) is 8.93. The summed E-state index contributed by atoms with van der Waals surface area (Å²) >= 11 is 12.1. The van der Waals surface area contributed by atoms with Gasteiger partial charge in [-0.1, -0.05) is 29.3 Å². The van der Waals surface area contributed by atoms with E-state index in [1.165, 1.54) is 0 Å². The number of nitrogens with one attached hydrogen (secondary N) is 1. The maximum Gasteiger partial charge on any atom is 0.224 e. The van der Waals surface area contributed by atoms with Crippen molar-refractivity contribution in [1.29, 1.82) is 0 Å². The van der Waals surface area contributed by atoms with Crippen molar-refractivity contribution >= 4 is 29.1 Å². The summed E-state index contributed by atoms with van der Waals surface area (Å²) in [7, 11) is 0. The zero-order valence-electron chi connectivity index (χ0n) is 14.9. The normalized spacial score (nSPS) is 26.1. The standard InChI is InChI=1S/C18H26Cl2N2O5/c19-12-4-3-5-13(20)11(12)8-16(25)21-6-1-2-7-22-9-15(24)18(27)17(26)14(22)10-23/h3-5,14-15,17-18,23-24,26-27H,1-2,6-10H2,(H,21,25)/t14-,15+,17-,18-/m1/s1. The lowest BCUT2D eigenvalue weighted by molar-refractivity contribution is -0.145. The van der Waals surface area contributed by atoms with Crippen LogP contribution in [0.25, 0.3) is 0 Å². The van der Waals surface area contributed by atoms with Crippen molar-refractivity contribution in [3.05, 3.63) is 33.8 Å². The Kier molecular flexibility index (Phi) is 8.75. The molecule has 7 nitrogen and oxygen atoms in total. The number of hydrogen-bond acceptors (Lipinski definition) is 6. The monoisotopic (exact) mass is 420 g/mol. The number of likely N-dealkylation sites (tertiary alicyclic amines) is 1. The first-order valence-corrected chi connectivity index (χ1v) is 9.69. The van der Waals surface area contributed by atoms with Gasteiger partial charge in [0.1, 0.15) is 12.2 Å². The first kappa shape index (κ1) is 22.4. The molecule has 0 spiro atoms. The molecule has 2 rings (SSSR count). The van der Waals surface area contributed by atoms with Crippen LogP contribution in [0.5, 0.6) is 0 Å². The van der Waals surface area contributed by atoms with Crippen LogP contribution in [-0.4, -0.2) is 81.8 Å². The number of amides is 1. The van der Waals surface area contributed by atoms with E-state index in [1.807, 2.05) is 0 Å². The molecular formula is C18H26Cl2N2O5. The van der Waals surface area contributed by atoms with Gasteiger partial charge < -0.3 is 25.7 Å². The summed E-state index contributed by atoms with van der Waals surface area (Å²) in [6.07, 6.45) is -2.02. The lowest BCUT2D eigenvalue weighted by Crippen LogP contribution is -2.62. The quantitative estimate of drug-likeness (QED) is 0.383. The first-order chi connectivity index (χ1) is 12.8. The van der Waals surface area contributed by atoms with Crippen LogP contribution in [0.3, 0.4) is 0 Å². The molecule has 5 N–H and O–H groups in total. The summed E-state index contributed by atoms with van der Waals surface area (Å²) in [5.74, 6) is -0.176. The molecule has 0 unspecified atom stereocenters. The fourth-order valence-corrected chi connectivity index (χ4v) is 3.76. The van der Waals surface area contributed by atoms with Crippen molar-refractivity contribution in [2.45, 2.75) is 43.6 Å². The van der Waals surface area contributed by atoms with Gasteiger partial charge in [0.25, 0.3) is 0 Å². The Labute approximate surface area is 168 Å². The lowest BCUT2D eigenvalue weighted by atomic mass is 9.94. The van der Waals surface area contributed by atoms with Gasteiger partial charge in [-0.3, -0.25) is 9.69 Å². The molecule has 0 radical (unpaired) electrons. The molecule has 1 saturated heterocycles. The van der Waals surface area contributed by atoms with Gasteiger partial charge in [0.15, 0.2) is 0 Å². The number of piperidine rings is 1. The van der Waals surface area contributed by atoms with Crippen LogP contribution in [0.1, 0.15) is 18.4 Å². The van der Waals surface area contributed by atoms with E-state index in [0.717, 1.165) is 0 Å². The van der Waals surface area contributed by atoms with Gasteiger partial charge in [0, 0.05) is 23.1 Å². The van der Waals surface area contributed by atoms with Gasteiger partial charge in [-0.25, -0.2) is 0 Å². The van der Waals surface area contributed by atoms with Crippen molar-refractivity contribution in [3.63, 3.8) is 0 Å². The molecule has 1 aromatic rings. The number of halogens is 2. The number of benzene rings is 1. The predicted molar refractivity (Wildman–Crippen MR) is 103 cm³/mol. The van der Waals surface area contributed by atoms with E-state index in [9.17, 15) is 25.2 Å². The average Bonchev–Trinajstić information content (AvgIpc) is 2.63. The van der Waals surface area contributed by atoms with Crippen molar-refractivity contribution in [2.24, 2.45) is 0 Å². The summed E-state index contributed by atoms with van der Waals surface area (Å²) in [6, 6.07) is 4.48. The Balaban J connectivity index is 1.71. The summed E-state index contributed by atoms with van der Waals surface area (Å²) in [5.41, 5.74) is 0.596. The van der Waals surface area contributed by atoms with Gasteiger partial charge in [0.2, 0.25) is 5.91 Å². The van der Waals surface area contributed by atoms with Gasteiger partial charge in [0.05, 0.1) is 25.2 Å². The Bertz CT molecular complexity index is 614. The highest BCUT2D eigenvalue weighted by molar-refractivity contribution is 6.36. The van der Waals surface area contributed by atoms with Gasteiger partial charge in [-0.2, -0.15) is 0 Å². The number of carbonyl (C=O) groups excluding carboxylic acids is 1. The molecule has 1 amide bonds. The van der Waals surface area contributed by atoms with Crippen LogP contribution in [0.4, 0.5) is 0 Å². The fraction of sp³-hybridized carbons (Fsp3) is 0.611. The molecule has 0 saturated carbocycles. The largest absolute Gasteiger partial charge is 0.395 e. The Morgan fingerprint density at radius 2 is 1.81 bits per heavy atom. The third kappa shape index (κ3) is 6.02. The molecular weight excluding hydrogens is 395 g/mol. The number of aliphatic hydroxyl groups is 4. The van der Waals surface area contributed by atoms with E-state index in [0.29, 0.717) is 41.5 Å². The van der Waals surface area contributed by atoms with Crippen molar-refractivity contribution in [1.82, 2.24) is 10.2 Å². The SMILES string of the molecule is O=C(Cc1c(Cl)cccc1Cl)NCCCCN1C[C@H](O)[C@@H](O)[C@H](O)[C@H]1CO. The van der Waals surface area contributed by atoms with Gasteiger partial charge in [-0.05, 0) is 37.1 Å². The molecule has 0 aliphatic carbocycles. The Morgan fingerprint density at radius 1 is 1.15 bits per heavy atom. The van der Waals surface area contributed by atoms with Crippen molar-refractivity contribution in [3.8, 4) is 0 Å². The van der Waals surface area contributed by atoms with E-state index in [1.54, 1.807) is 23.1 Å². The molecule has 1 heterocycles. The van der Waals surface area contributed by atoms with Crippen LogP contribution in [-0.2, 0) is 11.2 Å². The molecule has 27 heavy (non-hydrogen) atoms. The molecule has 1 aliphatic heterocycles. The van der Waals surface area contributed by atoms with E-state index in [2.05, 4.69) is 5.32 Å². The summed E-state index contributed by atoms with van der Waals surface area (Å²) in [5, 5.41) is 42.6. The number of β-amino-alcohol motifs (C(OH)–C–C–N with tert-alkyl or cyclic N) is 1. The van der Waals surface area contributed by atoms with Gasteiger partial charge >= 0.3 is 0 Å². The van der Waals surface area contributed by atoms with Crippen molar-refractivity contribution < 1.29 is 25.2 Å². The molecule has 0 aromatic heterocycles. The van der Waals surface area contributed by atoms with E-state index in [-0.39, 0.29) is 25.5 Å². The fourth-order valence-electron chi connectivity index (χ4n) is 3.23. The van der Waals surface area contributed by atoms with Crippen LogP contribution < -0.4 is 5.32 Å². The topological polar surface area (TPSA) is 113 Å². The van der Waals surface area contributed by atoms with E-state index < -0.39 is 24.4 Å². The van der Waals surface area contributed by atoms with Crippen molar-refractivity contribution in [2.75, 3.05) is 26.2 Å². The number of aliphatic hydroxyl groups excluding tert-OH is 4.